The highest BCUT2D eigenvalue weighted by Gasteiger charge is 2.03. The number of carbonyl (C=O) groups is 1. The molecule has 1 aromatic rings. The molecule has 19 heavy (non-hydrogen) atoms. The fourth-order valence-electron chi connectivity index (χ4n) is 1.86. The molecular formula is C16H24BrNO. The molecule has 1 N–H and O–H groups in total. The number of hydrogen-bond donors (Lipinski definition) is 1. The van der Waals surface area contributed by atoms with Crippen molar-refractivity contribution < 1.29 is 4.79 Å². The fourth-order valence-corrected chi connectivity index (χ4v) is 2.18. The molecule has 1 rings (SSSR count). The summed E-state index contributed by atoms with van der Waals surface area (Å²) in [6.07, 6.45) is 3.62. The van der Waals surface area contributed by atoms with E-state index in [-0.39, 0.29) is 5.91 Å². The van der Waals surface area contributed by atoms with Gasteiger partial charge in [-0.1, -0.05) is 52.7 Å². The number of aryl methyl sites for hydroxylation is 2. The number of nitrogens with one attached hydrogen (secondary N) is 1. The highest BCUT2D eigenvalue weighted by atomic mass is 79.9. The molecule has 0 aliphatic heterocycles. The predicted molar refractivity (Wildman–Crippen MR) is 84.7 cm³/mol. The molecular weight excluding hydrogens is 302 g/mol. The van der Waals surface area contributed by atoms with Gasteiger partial charge < -0.3 is 5.32 Å². The normalized spacial score (nSPS) is 12.2. The van der Waals surface area contributed by atoms with Crippen LogP contribution in [0.4, 0.5) is 0 Å². The standard InChI is InChI=1S/C16H24BrNO/c1-13-5-7-15(8-6-13)9-10-16(19)18-11-3-4-14(2)12-17/h5-8,14H,3-4,9-12H2,1-2H3,(H,18,19). The highest BCUT2D eigenvalue weighted by Crippen LogP contribution is 2.08. The summed E-state index contributed by atoms with van der Waals surface area (Å²) < 4.78 is 0. The number of amides is 1. The number of rotatable bonds is 8. The lowest BCUT2D eigenvalue weighted by molar-refractivity contribution is -0.121. The van der Waals surface area contributed by atoms with Crippen LogP contribution in [0.2, 0.25) is 0 Å². The summed E-state index contributed by atoms with van der Waals surface area (Å²) in [5, 5.41) is 4.03. The van der Waals surface area contributed by atoms with Gasteiger partial charge in [0.25, 0.3) is 0 Å². The SMILES string of the molecule is Cc1ccc(CCC(=O)NCCCC(C)CBr)cc1. The van der Waals surface area contributed by atoms with Crippen LogP contribution in [0.1, 0.15) is 37.3 Å². The van der Waals surface area contributed by atoms with Crippen LogP contribution in [0.5, 0.6) is 0 Å². The van der Waals surface area contributed by atoms with E-state index in [1.165, 1.54) is 11.1 Å². The first-order valence-electron chi connectivity index (χ1n) is 7.00. The van der Waals surface area contributed by atoms with Gasteiger partial charge in [-0.3, -0.25) is 4.79 Å². The van der Waals surface area contributed by atoms with Gasteiger partial charge in [-0.2, -0.15) is 0 Å². The molecule has 0 radical (unpaired) electrons. The maximum absolute atomic E-state index is 11.7. The molecule has 2 nitrogen and oxygen atoms in total. The van der Waals surface area contributed by atoms with Crippen LogP contribution in [0, 0.1) is 12.8 Å². The van der Waals surface area contributed by atoms with Crippen LogP contribution in [0.15, 0.2) is 24.3 Å². The van der Waals surface area contributed by atoms with Crippen molar-refractivity contribution >= 4 is 21.8 Å². The summed E-state index contributed by atoms with van der Waals surface area (Å²) in [4.78, 5) is 11.7. The van der Waals surface area contributed by atoms with Gasteiger partial charge in [-0.25, -0.2) is 0 Å². The van der Waals surface area contributed by atoms with Crippen molar-refractivity contribution in [2.45, 2.75) is 39.5 Å². The Labute approximate surface area is 125 Å². The van der Waals surface area contributed by atoms with Crippen molar-refractivity contribution in [1.82, 2.24) is 5.32 Å². The van der Waals surface area contributed by atoms with E-state index >= 15 is 0 Å². The highest BCUT2D eigenvalue weighted by molar-refractivity contribution is 9.09. The molecule has 0 saturated carbocycles. The lowest BCUT2D eigenvalue weighted by atomic mass is 10.1. The molecule has 1 unspecified atom stereocenters. The quantitative estimate of drug-likeness (QED) is 0.570. The Hall–Kier alpha value is -0.830. The third-order valence-electron chi connectivity index (χ3n) is 3.22. The molecule has 0 aliphatic carbocycles. The van der Waals surface area contributed by atoms with Gasteiger partial charge in [-0.05, 0) is 37.7 Å². The fraction of sp³-hybridized carbons (Fsp3) is 0.562. The van der Waals surface area contributed by atoms with Crippen molar-refractivity contribution in [2.24, 2.45) is 5.92 Å². The van der Waals surface area contributed by atoms with E-state index in [1.54, 1.807) is 0 Å². The maximum Gasteiger partial charge on any atom is 0.220 e. The minimum absolute atomic E-state index is 0.159. The Morgan fingerprint density at radius 1 is 1.32 bits per heavy atom. The Morgan fingerprint density at radius 3 is 2.63 bits per heavy atom. The van der Waals surface area contributed by atoms with Gasteiger partial charge in [0.1, 0.15) is 0 Å². The van der Waals surface area contributed by atoms with Crippen LogP contribution in [-0.4, -0.2) is 17.8 Å². The van der Waals surface area contributed by atoms with E-state index < -0.39 is 0 Å². The van der Waals surface area contributed by atoms with E-state index in [9.17, 15) is 4.79 Å². The summed E-state index contributed by atoms with van der Waals surface area (Å²) in [6.45, 7) is 5.09. The second kappa shape index (κ2) is 9.13. The number of benzene rings is 1. The summed E-state index contributed by atoms with van der Waals surface area (Å²) in [7, 11) is 0. The molecule has 1 atom stereocenters. The minimum Gasteiger partial charge on any atom is -0.356 e. The van der Waals surface area contributed by atoms with Crippen molar-refractivity contribution in [2.75, 3.05) is 11.9 Å². The van der Waals surface area contributed by atoms with Crippen molar-refractivity contribution in [3.63, 3.8) is 0 Å². The molecule has 3 heteroatoms. The first-order chi connectivity index (χ1) is 9.11. The monoisotopic (exact) mass is 325 g/mol. The van der Waals surface area contributed by atoms with E-state index in [0.29, 0.717) is 12.3 Å². The van der Waals surface area contributed by atoms with Crippen molar-refractivity contribution in [3.05, 3.63) is 35.4 Å². The molecule has 1 aromatic carbocycles. The second-order valence-corrected chi connectivity index (χ2v) is 5.88. The van der Waals surface area contributed by atoms with Crippen LogP contribution >= 0.6 is 15.9 Å². The minimum atomic E-state index is 0.159. The molecule has 0 aromatic heterocycles. The average Bonchev–Trinajstić information content (AvgIpc) is 2.42. The molecule has 1 amide bonds. The first-order valence-corrected chi connectivity index (χ1v) is 8.12. The van der Waals surface area contributed by atoms with E-state index in [4.69, 9.17) is 0 Å². The van der Waals surface area contributed by atoms with Gasteiger partial charge in [0.05, 0.1) is 0 Å². The Bertz CT molecular complexity index is 375. The van der Waals surface area contributed by atoms with Crippen LogP contribution in [0.25, 0.3) is 0 Å². The molecule has 0 saturated heterocycles. The topological polar surface area (TPSA) is 29.1 Å². The molecule has 0 heterocycles. The summed E-state index contributed by atoms with van der Waals surface area (Å²) >= 11 is 3.46. The molecule has 0 bridgehead atoms. The van der Waals surface area contributed by atoms with Crippen LogP contribution in [-0.2, 0) is 11.2 Å². The number of halogens is 1. The van der Waals surface area contributed by atoms with Gasteiger partial charge in [0, 0.05) is 18.3 Å². The van der Waals surface area contributed by atoms with E-state index in [0.717, 1.165) is 31.1 Å². The molecule has 106 valence electrons. The lowest BCUT2D eigenvalue weighted by Crippen LogP contribution is -2.25. The van der Waals surface area contributed by atoms with Gasteiger partial charge in [-0.15, -0.1) is 0 Å². The zero-order valence-electron chi connectivity index (χ0n) is 11.9. The Kier molecular flexibility index (Phi) is 7.80. The summed E-state index contributed by atoms with van der Waals surface area (Å²) in [5.74, 6) is 0.844. The number of alkyl halides is 1. The maximum atomic E-state index is 11.7. The van der Waals surface area contributed by atoms with E-state index in [1.807, 2.05) is 0 Å². The Balaban J connectivity index is 2.12. The Morgan fingerprint density at radius 2 is 2.00 bits per heavy atom. The van der Waals surface area contributed by atoms with Gasteiger partial charge in [0.2, 0.25) is 5.91 Å². The number of carbonyl (C=O) groups excluding carboxylic acids is 1. The largest absolute Gasteiger partial charge is 0.356 e. The number of hydrogen-bond acceptors (Lipinski definition) is 1. The average molecular weight is 326 g/mol. The first kappa shape index (κ1) is 16.2. The summed E-state index contributed by atoms with van der Waals surface area (Å²) in [5.41, 5.74) is 2.49. The molecule has 0 aliphatic rings. The summed E-state index contributed by atoms with van der Waals surface area (Å²) in [6, 6.07) is 8.38. The van der Waals surface area contributed by atoms with Gasteiger partial charge >= 0.3 is 0 Å². The van der Waals surface area contributed by atoms with Crippen LogP contribution in [0.3, 0.4) is 0 Å². The zero-order valence-corrected chi connectivity index (χ0v) is 13.5. The lowest BCUT2D eigenvalue weighted by Gasteiger charge is -2.08. The van der Waals surface area contributed by atoms with E-state index in [2.05, 4.69) is 59.4 Å². The second-order valence-electron chi connectivity index (χ2n) is 5.24. The van der Waals surface area contributed by atoms with Crippen molar-refractivity contribution in [3.8, 4) is 0 Å². The van der Waals surface area contributed by atoms with Crippen molar-refractivity contribution in [1.29, 1.82) is 0 Å². The zero-order chi connectivity index (χ0) is 14.1. The third-order valence-corrected chi connectivity index (χ3v) is 4.33. The molecule has 0 fully saturated rings. The predicted octanol–water partition coefficient (Wildman–Crippen LogP) is 3.86. The smallest absolute Gasteiger partial charge is 0.220 e. The molecule has 0 spiro atoms. The van der Waals surface area contributed by atoms with Crippen LogP contribution < -0.4 is 5.32 Å². The van der Waals surface area contributed by atoms with Gasteiger partial charge in [0.15, 0.2) is 0 Å². The third kappa shape index (κ3) is 7.36.